The van der Waals surface area contributed by atoms with Crippen molar-refractivity contribution in [2.45, 2.75) is 26.2 Å². The van der Waals surface area contributed by atoms with Gasteiger partial charge < -0.3 is 0 Å². The second-order valence-corrected chi connectivity index (χ2v) is 3.79. The summed E-state index contributed by atoms with van der Waals surface area (Å²) in [5.74, 6) is 0.214. The smallest absolute Gasteiger partial charge is 0.222 e. The lowest BCUT2D eigenvalue weighted by molar-refractivity contribution is -0.111. The molecule has 0 N–H and O–H groups in total. The molecule has 0 aliphatic carbocycles. The van der Waals surface area contributed by atoms with Crippen molar-refractivity contribution < 1.29 is 4.79 Å². The third-order valence-corrected chi connectivity index (χ3v) is 2.27. The molecule has 1 aromatic carbocycles. The molecule has 0 amide bonds. The Labute approximate surface area is 83.7 Å². The van der Waals surface area contributed by atoms with E-state index in [4.69, 9.17) is 11.6 Å². The number of benzene rings is 1. The molecule has 0 aliphatic heterocycles. The van der Waals surface area contributed by atoms with Crippen molar-refractivity contribution in [3.8, 4) is 0 Å². The molecule has 0 saturated heterocycles. The summed E-state index contributed by atoms with van der Waals surface area (Å²) in [6.45, 7) is 4.05. The van der Waals surface area contributed by atoms with Crippen molar-refractivity contribution in [2.75, 3.05) is 0 Å². The van der Waals surface area contributed by atoms with Gasteiger partial charge in [0.2, 0.25) is 5.24 Å². The lowest BCUT2D eigenvalue weighted by atomic mass is 9.98. The average molecular weight is 197 g/mol. The lowest BCUT2D eigenvalue weighted by Crippen LogP contribution is -1.98. The van der Waals surface area contributed by atoms with E-state index in [1.165, 1.54) is 11.1 Å². The van der Waals surface area contributed by atoms with Crippen molar-refractivity contribution in [1.82, 2.24) is 0 Å². The van der Waals surface area contributed by atoms with Gasteiger partial charge in [-0.2, -0.15) is 0 Å². The van der Waals surface area contributed by atoms with Crippen molar-refractivity contribution in [3.63, 3.8) is 0 Å². The lowest BCUT2D eigenvalue weighted by Gasteiger charge is -2.08. The molecule has 1 unspecified atom stereocenters. The van der Waals surface area contributed by atoms with Crippen LogP contribution in [0.1, 0.15) is 30.4 Å². The third kappa shape index (κ3) is 3.19. The third-order valence-electron chi connectivity index (χ3n) is 2.11. The van der Waals surface area contributed by atoms with Crippen LogP contribution in [0.25, 0.3) is 0 Å². The van der Waals surface area contributed by atoms with E-state index in [-0.39, 0.29) is 11.2 Å². The fraction of sp³-hybridized carbons (Fsp3) is 0.364. The van der Waals surface area contributed by atoms with Gasteiger partial charge >= 0.3 is 0 Å². The number of hydrogen-bond donors (Lipinski definition) is 0. The van der Waals surface area contributed by atoms with Crippen LogP contribution in [0.15, 0.2) is 24.3 Å². The zero-order valence-corrected chi connectivity index (χ0v) is 8.64. The van der Waals surface area contributed by atoms with E-state index >= 15 is 0 Å². The standard InChI is InChI=1S/C11H13ClO/c1-8-3-5-10(6-4-8)9(2)7-11(12)13/h3-6,9H,7H2,1-2H3. The molecule has 1 nitrogen and oxygen atoms in total. The minimum absolute atomic E-state index is 0.214. The Hall–Kier alpha value is -0.820. The van der Waals surface area contributed by atoms with Crippen molar-refractivity contribution in [3.05, 3.63) is 35.4 Å². The molecule has 0 radical (unpaired) electrons. The summed E-state index contributed by atoms with van der Waals surface area (Å²) in [5, 5.41) is -0.270. The van der Waals surface area contributed by atoms with E-state index in [0.717, 1.165) is 0 Å². The topological polar surface area (TPSA) is 17.1 Å². The van der Waals surface area contributed by atoms with Gasteiger partial charge in [0.15, 0.2) is 0 Å². The Balaban J connectivity index is 2.71. The highest BCUT2D eigenvalue weighted by Crippen LogP contribution is 2.20. The van der Waals surface area contributed by atoms with E-state index in [1.807, 2.05) is 38.1 Å². The van der Waals surface area contributed by atoms with Gasteiger partial charge in [0.25, 0.3) is 0 Å². The SMILES string of the molecule is Cc1ccc(C(C)CC(=O)Cl)cc1. The predicted molar refractivity (Wildman–Crippen MR) is 55.1 cm³/mol. The van der Waals surface area contributed by atoms with Crippen LogP contribution in [-0.4, -0.2) is 5.24 Å². The van der Waals surface area contributed by atoms with Crippen LogP contribution in [-0.2, 0) is 4.79 Å². The Morgan fingerprint density at radius 2 is 1.92 bits per heavy atom. The molecule has 70 valence electrons. The molecule has 0 fully saturated rings. The van der Waals surface area contributed by atoms with E-state index in [2.05, 4.69) is 0 Å². The summed E-state index contributed by atoms with van der Waals surface area (Å²) in [4.78, 5) is 10.7. The maximum atomic E-state index is 10.7. The number of carbonyl (C=O) groups is 1. The molecule has 0 heterocycles. The summed E-state index contributed by atoms with van der Waals surface area (Å²) in [6.07, 6.45) is 0.407. The van der Waals surface area contributed by atoms with Gasteiger partial charge in [-0.1, -0.05) is 36.8 Å². The summed E-state index contributed by atoms with van der Waals surface area (Å²) < 4.78 is 0. The van der Waals surface area contributed by atoms with E-state index < -0.39 is 0 Å². The maximum Gasteiger partial charge on any atom is 0.222 e. The van der Waals surface area contributed by atoms with Crippen LogP contribution < -0.4 is 0 Å². The van der Waals surface area contributed by atoms with Crippen LogP contribution in [0, 0.1) is 6.92 Å². The molecular formula is C11H13ClO. The quantitative estimate of drug-likeness (QED) is 0.679. The first-order valence-corrected chi connectivity index (χ1v) is 4.72. The van der Waals surface area contributed by atoms with E-state index in [9.17, 15) is 4.79 Å². The number of aryl methyl sites for hydroxylation is 1. The number of hydrogen-bond acceptors (Lipinski definition) is 1. The average Bonchev–Trinajstić information content (AvgIpc) is 2.04. The Bertz CT molecular complexity index is 289. The minimum Gasteiger partial charge on any atom is -0.281 e. The second-order valence-electron chi connectivity index (χ2n) is 3.37. The molecule has 13 heavy (non-hydrogen) atoms. The summed E-state index contributed by atoms with van der Waals surface area (Å²) >= 11 is 5.31. The Kier molecular flexibility index (Phi) is 3.49. The monoisotopic (exact) mass is 196 g/mol. The second kappa shape index (κ2) is 4.43. The fourth-order valence-electron chi connectivity index (χ4n) is 1.25. The zero-order valence-electron chi connectivity index (χ0n) is 7.88. The molecule has 1 aromatic rings. The van der Waals surface area contributed by atoms with Crippen molar-refractivity contribution >= 4 is 16.8 Å². The summed E-state index contributed by atoms with van der Waals surface area (Å²) in [6, 6.07) is 8.18. The number of halogens is 1. The van der Waals surface area contributed by atoms with Crippen LogP contribution in [0.3, 0.4) is 0 Å². The summed E-state index contributed by atoms with van der Waals surface area (Å²) in [7, 11) is 0. The normalized spacial score (nSPS) is 12.5. The molecule has 0 aromatic heterocycles. The first-order chi connectivity index (χ1) is 6.09. The number of carbonyl (C=O) groups excluding carboxylic acids is 1. The Morgan fingerprint density at radius 1 is 1.38 bits per heavy atom. The fourth-order valence-corrected chi connectivity index (χ4v) is 1.49. The van der Waals surface area contributed by atoms with Crippen LogP contribution in [0.4, 0.5) is 0 Å². The largest absolute Gasteiger partial charge is 0.281 e. The maximum absolute atomic E-state index is 10.7. The van der Waals surface area contributed by atoms with Crippen LogP contribution in [0.5, 0.6) is 0 Å². The van der Waals surface area contributed by atoms with Gasteiger partial charge in [0, 0.05) is 6.42 Å². The molecule has 0 spiro atoms. The molecule has 1 rings (SSSR count). The minimum atomic E-state index is -0.270. The van der Waals surface area contributed by atoms with Crippen molar-refractivity contribution in [1.29, 1.82) is 0 Å². The molecule has 0 aliphatic rings. The highest BCUT2D eigenvalue weighted by Gasteiger charge is 2.08. The van der Waals surface area contributed by atoms with Crippen LogP contribution in [0.2, 0.25) is 0 Å². The predicted octanol–water partition coefficient (Wildman–Crippen LogP) is 3.25. The summed E-state index contributed by atoms with van der Waals surface area (Å²) in [5.41, 5.74) is 2.40. The molecule has 0 saturated carbocycles. The van der Waals surface area contributed by atoms with Gasteiger partial charge in [-0.3, -0.25) is 4.79 Å². The molecular weight excluding hydrogens is 184 g/mol. The zero-order chi connectivity index (χ0) is 9.84. The molecule has 1 atom stereocenters. The Morgan fingerprint density at radius 3 is 2.38 bits per heavy atom. The van der Waals surface area contributed by atoms with E-state index in [0.29, 0.717) is 6.42 Å². The van der Waals surface area contributed by atoms with Gasteiger partial charge in [0.1, 0.15) is 0 Å². The molecule has 2 heteroatoms. The van der Waals surface area contributed by atoms with Gasteiger partial charge in [0.05, 0.1) is 0 Å². The molecule has 0 bridgehead atoms. The highest BCUT2D eigenvalue weighted by atomic mass is 35.5. The first-order valence-electron chi connectivity index (χ1n) is 4.34. The highest BCUT2D eigenvalue weighted by molar-refractivity contribution is 6.63. The van der Waals surface area contributed by atoms with Crippen molar-refractivity contribution in [2.24, 2.45) is 0 Å². The van der Waals surface area contributed by atoms with Gasteiger partial charge in [-0.15, -0.1) is 0 Å². The van der Waals surface area contributed by atoms with Gasteiger partial charge in [-0.25, -0.2) is 0 Å². The number of rotatable bonds is 3. The van der Waals surface area contributed by atoms with Gasteiger partial charge in [-0.05, 0) is 30.0 Å². The first kappa shape index (κ1) is 10.3. The van der Waals surface area contributed by atoms with E-state index in [1.54, 1.807) is 0 Å². The van der Waals surface area contributed by atoms with Crippen LogP contribution >= 0.6 is 11.6 Å².